The zero-order chi connectivity index (χ0) is 16.2. The third-order valence-corrected chi connectivity index (χ3v) is 4.05. The summed E-state index contributed by atoms with van der Waals surface area (Å²) in [6.07, 6.45) is 0.479. The molecule has 0 radical (unpaired) electrons. The van der Waals surface area contributed by atoms with Gasteiger partial charge >= 0.3 is 5.97 Å². The normalized spacial score (nSPS) is 9.65. The number of aliphatic carboxylic acids is 1. The SMILES string of the molecule is CC.CC.CCCS(=O)(=O)c1ccc(CC(=O)O)cc1. The van der Waals surface area contributed by atoms with Gasteiger partial charge in [-0.05, 0) is 24.1 Å². The van der Waals surface area contributed by atoms with Crippen LogP contribution in [0.2, 0.25) is 0 Å². The van der Waals surface area contributed by atoms with E-state index in [1.165, 1.54) is 24.3 Å². The highest BCUT2D eigenvalue weighted by Gasteiger charge is 2.12. The molecule has 1 aromatic carbocycles. The van der Waals surface area contributed by atoms with Crippen LogP contribution in [0.15, 0.2) is 29.2 Å². The zero-order valence-electron chi connectivity index (χ0n) is 13.0. The molecule has 0 spiro atoms. The average molecular weight is 302 g/mol. The minimum Gasteiger partial charge on any atom is -0.481 e. The number of hydrogen-bond acceptors (Lipinski definition) is 3. The summed E-state index contributed by atoms with van der Waals surface area (Å²) in [6, 6.07) is 6.00. The molecule has 5 heteroatoms. The fourth-order valence-electron chi connectivity index (χ4n) is 1.38. The Bertz CT molecular complexity index is 461. The van der Waals surface area contributed by atoms with Gasteiger partial charge in [0.25, 0.3) is 0 Å². The number of carboxylic acids is 1. The van der Waals surface area contributed by atoms with Gasteiger partial charge in [-0.25, -0.2) is 8.42 Å². The predicted molar refractivity (Wildman–Crippen MR) is 82.8 cm³/mol. The summed E-state index contributed by atoms with van der Waals surface area (Å²) in [5.74, 6) is -0.810. The summed E-state index contributed by atoms with van der Waals surface area (Å²) < 4.78 is 23.3. The van der Waals surface area contributed by atoms with Gasteiger partial charge < -0.3 is 5.11 Å². The summed E-state index contributed by atoms with van der Waals surface area (Å²) in [4.78, 5) is 10.7. The van der Waals surface area contributed by atoms with Crippen LogP contribution >= 0.6 is 0 Å². The van der Waals surface area contributed by atoms with E-state index < -0.39 is 15.8 Å². The van der Waals surface area contributed by atoms with Crippen molar-refractivity contribution in [2.45, 2.75) is 52.4 Å². The van der Waals surface area contributed by atoms with Gasteiger partial charge in [0.15, 0.2) is 9.84 Å². The molecule has 0 aliphatic rings. The monoisotopic (exact) mass is 302 g/mol. The Labute approximate surface area is 122 Å². The standard InChI is InChI=1S/C11H14O4S.2C2H6/c1-2-7-16(14,15)10-5-3-9(4-6-10)8-11(12)13;2*1-2/h3-6H,2,7-8H2,1H3,(H,12,13);2*1-2H3. The molecule has 1 N–H and O–H groups in total. The maximum atomic E-state index is 11.6. The van der Waals surface area contributed by atoms with Gasteiger partial charge in [0, 0.05) is 0 Å². The number of carboxylic acid groups (broad SMARTS) is 1. The fourth-order valence-corrected chi connectivity index (χ4v) is 2.70. The second-order valence-electron chi connectivity index (χ2n) is 3.53. The molecule has 1 aromatic rings. The number of hydrogen-bond donors (Lipinski definition) is 1. The third kappa shape index (κ3) is 7.94. The van der Waals surface area contributed by atoms with Crippen LogP contribution in [-0.4, -0.2) is 25.2 Å². The van der Waals surface area contributed by atoms with Crippen molar-refractivity contribution in [1.82, 2.24) is 0 Å². The molecular formula is C15H26O4S. The largest absolute Gasteiger partial charge is 0.481 e. The molecule has 0 aliphatic heterocycles. The quantitative estimate of drug-likeness (QED) is 0.903. The first kappa shape index (κ1) is 20.9. The van der Waals surface area contributed by atoms with Gasteiger partial charge in [-0.15, -0.1) is 0 Å². The van der Waals surface area contributed by atoms with Crippen molar-refractivity contribution < 1.29 is 18.3 Å². The Balaban J connectivity index is 0. The van der Waals surface area contributed by atoms with E-state index in [9.17, 15) is 13.2 Å². The molecule has 0 bridgehead atoms. The third-order valence-electron chi connectivity index (χ3n) is 2.11. The molecule has 0 atom stereocenters. The number of rotatable bonds is 5. The highest BCUT2D eigenvalue weighted by atomic mass is 32.2. The summed E-state index contributed by atoms with van der Waals surface area (Å²) in [5.41, 5.74) is 0.600. The van der Waals surface area contributed by atoms with Crippen LogP contribution in [0.5, 0.6) is 0 Å². The van der Waals surface area contributed by atoms with Gasteiger partial charge in [-0.3, -0.25) is 4.79 Å². The van der Waals surface area contributed by atoms with E-state index >= 15 is 0 Å². The highest BCUT2D eigenvalue weighted by molar-refractivity contribution is 7.91. The Morgan fingerprint density at radius 2 is 1.50 bits per heavy atom. The van der Waals surface area contributed by atoms with E-state index in [0.717, 1.165) is 0 Å². The van der Waals surface area contributed by atoms with Crippen molar-refractivity contribution in [3.63, 3.8) is 0 Å². The smallest absolute Gasteiger partial charge is 0.307 e. The Kier molecular flexibility index (Phi) is 12.0. The minimum atomic E-state index is -3.20. The molecule has 20 heavy (non-hydrogen) atoms. The number of carbonyl (C=O) groups is 1. The molecule has 0 saturated carbocycles. The number of sulfone groups is 1. The molecule has 1 rings (SSSR count). The summed E-state index contributed by atoms with van der Waals surface area (Å²) in [7, 11) is -3.20. The van der Waals surface area contributed by atoms with Crippen molar-refractivity contribution in [1.29, 1.82) is 0 Å². The van der Waals surface area contributed by atoms with Gasteiger partial charge in [0.2, 0.25) is 0 Å². The summed E-state index contributed by atoms with van der Waals surface area (Å²) in [6.45, 7) is 9.80. The average Bonchev–Trinajstić information content (AvgIpc) is 2.43. The zero-order valence-corrected chi connectivity index (χ0v) is 13.8. The number of benzene rings is 1. The van der Waals surface area contributed by atoms with E-state index in [-0.39, 0.29) is 17.1 Å². The van der Waals surface area contributed by atoms with Gasteiger partial charge in [0.05, 0.1) is 17.1 Å². The van der Waals surface area contributed by atoms with Crippen molar-refractivity contribution in [3.05, 3.63) is 29.8 Å². The second-order valence-corrected chi connectivity index (χ2v) is 5.64. The molecule has 0 heterocycles. The van der Waals surface area contributed by atoms with E-state index in [4.69, 9.17) is 5.11 Å². The first-order valence-corrected chi connectivity index (χ1v) is 8.64. The van der Waals surface area contributed by atoms with E-state index in [0.29, 0.717) is 12.0 Å². The molecule has 0 saturated heterocycles. The van der Waals surface area contributed by atoms with Gasteiger partial charge in [-0.1, -0.05) is 46.8 Å². The molecule has 0 aliphatic carbocycles. The van der Waals surface area contributed by atoms with Crippen molar-refractivity contribution in [2.75, 3.05) is 5.75 Å². The topological polar surface area (TPSA) is 71.4 Å². The van der Waals surface area contributed by atoms with E-state index in [2.05, 4.69) is 0 Å². The first-order valence-electron chi connectivity index (χ1n) is 6.99. The maximum absolute atomic E-state index is 11.6. The van der Waals surface area contributed by atoms with Crippen LogP contribution < -0.4 is 0 Å². The van der Waals surface area contributed by atoms with E-state index in [1.807, 2.05) is 27.7 Å². The van der Waals surface area contributed by atoms with Crippen molar-refractivity contribution in [3.8, 4) is 0 Å². The molecule has 0 aromatic heterocycles. The molecular weight excluding hydrogens is 276 g/mol. The fraction of sp³-hybridized carbons (Fsp3) is 0.533. The lowest BCUT2D eigenvalue weighted by molar-refractivity contribution is -0.136. The molecule has 4 nitrogen and oxygen atoms in total. The van der Waals surface area contributed by atoms with E-state index in [1.54, 1.807) is 6.92 Å². The lowest BCUT2D eigenvalue weighted by atomic mass is 10.2. The molecule has 0 fully saturated rings. The van der Waals surface area contributed by atoms with Crippen LogP contribution in [0.4, 0.5) is 0 Å². The Hall–Kier alpha value is -1.36. The van der Waals surface area contributed by atoms with Crippen LogP contribution in [0.3, 0.4) is 0 Å². The van der Waals surface area contributed by atoms with Crippen LogP contribution in [0, 0.1) is 0 Å². The maximum Gasteiger partial charge on any atom is 0.307 e. The second kappa shape index (κ2) is 11.5. The molecule has 0 amide bonds. The van der Waals surface area contributed by atoms with Crippen molar-refractivity contribution in [2.24, 2.45) is 0 Å². The van der Waals surface area contributed by atoms with Crippen LogP contribution in [0.25, 0.3) is 0 Å². The van der Waals surface area contributed by atoms with Crippen LogP contribution in [0.1, 0.15) is 46.6 Å². The van der Waals surface area contributed by atoms with Gasteiger partial charge in [0.1, 0.15) is 0 Å². The first-order chi connectivity index (χ1) is 9.45. The molecule has 0 unspecified atom stereocenters. The lowest BCUT2D eigenvalue weighted by Gasteiger charge is -2.03. The summed E-state index contributed by atoms with van der Waals surface area (Å²) in [5, 5.41) is 8.56. The van der Waals surface area contributed by atoms with Crippen molar-refractivity contribution >= 4 is 15.8 Å². The van der Waals surface area contributed by atoms with Gasteiger partial charge in [-0.2, -0.15) is 0 Å². The highest BCUT2D eigenvalue weighted by Crippen LogP contribution is 2.13. The molecule has 116 valence electrons. The Morgan fingerprint density at radius 1 is 1.05 bits per heavy atom. The minimum absolute atomic E-state index is 0.0892. The Morgan fingerprint density at radius 3 is 1.85 bits per heavy atom. The lowest BCUT2D eigenvalue weighted by Crippen LogP contribution is -2.06. The predicted octanol–water partition coefficient (Wildman–Crippen LogP) is 3.55. The summed E-state index contributed by atoms with van der Waals surface area (Å²) >= 11 is 0. The van der Waals surface area contributed by atoms with Crippen LogP contribution in [-0.2, 0) is 21.1 Å².